The zero-order valence-corrected chi connectivity index (χ0v) is 14.2. The second-order valence-electron chi connectivity index (χ2n) is 6.99. The fraction of sp³-hybridized carbons (Fsp3) is 0.684. The molecule has 1 unspecified atom stereocenters. The molecule has 0 bridgehead atoms. The van der Waals surface area contributed by atoms with Crippen molar-refractivity contribution in [1.29, 1.82) is 0 Å². The lowest BCUT2D eigenvalue weighted by molar-refractivity contribution is 0.157. The molecule has 0 spiro atoms. The molecule has 1 atom stereocenters. The molecule has 0 saturated heterocycles. The van der Waals surface area contributed by atoms with Gasteiger partial charge in [0.15, 0.2) is 0 Å². The van der Waals surface area contributed by atoms with E-state index in [1.807, 2.05) is 0 Å². The van der Waals surface area contributed by atoms with Crippen LogP contribution in [0.5, 0.6) is 0 Å². The Kier molecular flexibility index (Phi) is 5.29. The molecule has 0 aromatic heterocycles. The summed E-state index contributed by atoms with van der Waals surface area (Å²) in [4.78, 5) is 1.54. The molecule has 1 aliphatic heterocycles. The first-order valence-corrected chi connectivity index (χ1v) is 9.74. The van der Waals surface area contributed by atoms with Gasteiger partial charge in [-0.05, 0) is 55.2 Å². The summed E-state index contributed by atoms with van der Waals surface area (Å²) < 4.78 is 0. The number of hydrogen-bond donors (Lipinski definition) is 1. The number of rotatable bonds is 6. The maximum atomic E-state index is 3.74. The number of nitrogens with one attached hydrogen (secondary N) is 1. The Hall–Kier alpha value is -0.470. The van der Waals surface area contributed by atoms with Crippen LogP contribution in [0.2, 0.25) is 0 Å². The molecule has 21 heavy (non-hydrogen) atoms. The predicted molar refractivity (Wildman–Crippen MR) is 93.2 cm³/mol. The third kappa shape index (κ3) is 3.65. The Morgan fingerprint density at radius 3 is 2.81 bits per heavy atom. The van der Waals surface area contributed by atoms with Crippen molar-refractivity contribution in [1.82, 2.24) is 5.32 Å². The van der Waals surface area contributed by atoms with Crippen LogP contribution in [0.25, 0.3) is 0 Å². The van der Waals surface area contributed by atoms with Gasteiger partial charge in [0.05, 0.1) is 0 Å². The summed E-state index contributed by atoms with van der Waals surface area (Å²) >= 11 is 2.07. The lowest BCUT2D eigenvalue weighted by Gasteiger charge is -2.39. The minimum Gasteiger partial charge on any atom is -0.316 e. The Morgan fingerprint density at radius 1 is 1.19 bits per heavy atom. The monoisotopic (exact) mass is 303 g/mol. The normalized spacial score (nSPS) is 24.0. The molecule has 1 N–H and O–H groups in total. The molecule has 1 aromatic carbocycles. The van der Waals surface area contributed by atoms with Crippen molar-refractivity contribution in [3.63, 3.8) is 0 Å². The van der Waals surface area contributed by atoms with Crippen LogP contribution in [-0.2, 0) is 0 Å². The van der Waals surface area contributed by atoms with E-state index in [4.69, 9.17) is 0 Å². The zero-order valence-electron chi connectivity index (χ0n) is 13.4. The van der Waals surface area contributed by atoms with Gasteiger partial charge in [0.25, 0.3) is 0 Å². The van der Waals surface area contributed by atoms with E-state index in [2.05, 4.69) is 48.3 Å². The molecule has 1 heterocycles. The standard InChI is InChI=1S/C19H29NS/c1-2-12-20-15-19(10-6-3-7-11-19)13-16-14-21-18-9-5-4-8-17(16)18/h4-5,8-9,16,20H,2-3,6-7,10-15H2,1H3. The highest BCUT2D eigenvalue weighted by Gasteiger charge is 2.36. The number of thioether (sulfide) groups is 1. The van der Waals surface area contributed by atoms with Crippen molar-refractivity contribution in [2.45, 2.75) is 62.7 Å². The largest absolute Gasteiger partial charge is 0.316 e. The van der Waals surface area contributed by atoms with E-state index in [1.54, 1.807) is 5.56 Å². The molecule has 116 valence electrons. The van der Waals surface area contributed by atoms with Crippen LogP contribution in [0.4, 0.5) is 0 Å². The Morgan fingerprint density at radius 2 is 2.00 bits per heavy atom. The Bertz CT molecular complexity index is 451. The third-order valence-corrected chi connectivity index (χ3v) is 6.57. The summed E-state index contributed by atoms with van der Waals surface area (Å²) in [7, 11) is 0. The second-order valence-corrected chi connectivity index (χ2v) is 8.05. The van der Waals surface area contributed by atoms with E-state index in [0.717, 1.165) is 5.92 Å². The van der Waals surface area contributed by atoms with Crippen LogP contribution >= 0.6 is 11.8 Å². The highest BCUT2D eigenvalue weighted by atomic mass is 32.2. The lowest BCUT2D eigenvalue weighted by atomic mass is 9.68. The van der Waals surface area contributed by atoms with Crippen LogP contribution in [-0.4, -0.2) is 18.8 Å². The first-order valence-electron chi connectivity index (χ1n) is 8.75. The molecule has 1 saturated carbocycles. The fourth-order valence-corrected chi connectivity index (χ4v) is 5.46. The molecule has 2 aliphatic rings. The van der Waals surface area contributed by atoms with E-state index in [0.29, 0.717) is 5.41 Å². The highest BCUT2D eigenvalue weighted by molar-refractivity contribution is 7.99. The number of hydrogen-bond acceptors (Lipinski definition) is 2. The second kappa shape index (κ2) is 7.19. The van der Waals surface area contributed by atoms with Gasteiger partial charge in [-0.1, -0.05) is 44.4 Å². The topological polar surface area (TPSA) is 12.0 Å². The predicted octanol–water partition coefficient (Wildman–Crippen LogP) is 5.22. The van der Waals surface area contributed by atoms with Crippen LogP contribution in [0.3, 0.4) is 0 Å². The highest BCUT2D eigenvalue weighted by Crippen LogP contribution is 2.49. The summed E-state index contributed by atoms with van der Waals surface area (Å²) in [5.74, 6) is 2.09. The molecule has 0 amide bonds. The van der Waals surface area contributed by atoms with Gasteiger partial charge in [0.1, 0.15) is 0 Å². The van der Waals surface area contributed by atoms with Gasteiger partial charge < -0.3 is 5.32 Å². The van der Waals surface area contributed by atoms with Gasteiger partial charge in [0, 0.05) is 17.2 Å². The van der Waals surface area contributed by atoms with Crippen molar-refractivity contribution in [2.75, 3.05) is 18.8 Å². The minimum atomic E-state index is 0.566. The van der Waals surface area contributed by atoms with Crippen LogP contribution in [0.1, 0.15) is 63.4 Å². The van der Waals surface area contributed by atoms with Crippen molar-refractivity contribution in [3.05, 3.63) is 29.8 Å². The molecular weight excluding hydrogens is 274 g/mol. The number of fused-ring (bicyclic) bond motifs is 1. The van der Waals surface area contributed by atoms with Crippen molar-refractivity contribution in [3.8, 4) is 0 Å². The molecule has 1 aliphatic carbocycles. The van der Waals surface area contributed by atoms with Gasteiger partial charge in [-0.25, -0.2) is 0 Å². The third-order valence-electron chi connectivity index (χ3n) is 5.32. The van der Waals surface area contributed by atoms with Gasteiger partial charge in [0.2, 0.25) is 0 Å². The van der Waals surface area contributed by atoms with Crippen LogP contribution in [0.15, 0.2) is 29.2 Å². The SMILES string of the molecule is CCCNCC1(CC2CSc3ccccc32)CCCCC1. The molecule has 3 rings (SSSR count). The summed E-state index contributed by atoms with van der Waals surface area (Å²) in [5.41, 5.74) is 2.19. The van der Waals surface area contributed by atoms with Crippen LogP contribution in [0, 0.1) is 5.41 Å². The molecular formula is C19H29NS. The average molecular weight is 304 g/mol. The summed E-state index contributed by atoms with van der Waals surface area (Å²) in [6, 6.07) is 9.09. The van der Waals surface area contributed by atoms with Crippen LogP contribution < -0.4 is 5.32 Å². The first kappa shape index (κ1) is 15.4. The van der Waals surface area contributed by atoms with Crippen molar-refractivity contribution < 1.29 is 0 Å². The maximum Gasteiger partial charge on any atom is 0.0107 e. The Labute approximate surface area is 134 Å². The van der Waals surface area contributed by atoms with Gasteiger partial charge >= 0.3 is 0 Å². The molecule has 1 nitrogen and oxygen atoms in total. The number of benzene rings is 1. The van der Waals surface area contributed by atoms with Gasteiger partial charge in [-0.3, -0.25) is 0 Å². The van der Waals surface area contributed by atoms with Crippen molar-refractivity contribution >= 4 is 11.8 Å². The molecule has 0 radical (unpaired) electrons. The summed E-state index contributed by atoms with van der Waals surface area (Å²) in [6.45, 7) is 4.69. The quantitative estimate of drug-likeness (QED) is 0.723. The minimum absolute atomic E-state index is 0.566. The van der Waals surface area contributed by atoms with Crippen molar-refractivity contribution in [2.24, 2.45) is 5.41 Å². The van der Waals surface area contributed by atoms with Gasteiger partial charge in [-0.15, -0.1) is 11.8 Å². The molecule has 2 heteroatoms. The van der Waals surface area contributed by atoms with E-state index in [9.17, 15) is 0 Å². The van der Waals surface area contributed by atoms with Gasteiger partial charge in [-0.2, -0.15) is 0 Å². The maximum absolute atomic E-state index is 3.74. The smallest absolute Gasteiger partial charge is 0.0107 e. The zero-order chi connectivity index (χ0) is 14.5. The van der Waals surface area contributed by atoms with E-state index in [1.165, 1.54) is 68.7 Å². The summed E-state index contributed by atoms with van der Waals surface area (Å²) in [6.07, 6.45) is 9.85. The lowest BCUT2D eigenvalue weighted by Crippen LogP contribution is -2.37. The molecule has 1 fully saturated rings. The van der Waals surface area contributed by atoms with E-state index >= 15 is 0 Å². The van der Waals surface area contributed by atoms with E-state index in [-0.39, 0.29) is 0 Å². The first-order chi connectivity index (χ1) is 10.3. The average Bonchev–Trinajstić information content (AvgIpc) is 2.92. The van der Waals surface area contributed by atoms with E-state index < -0.39 is 0 Å². The fourth-order valence-electron chi connectivity index (χ4n) is 4.21. The Balaban J connectivity index is 1.70. The molecule has 1 aromatic rings. The summed E-state index contributed by atoms with van der Waals surface area (Å²) in [5, 5.41) is 3.74.